The monoisotopic (exact) mass is 196 g/mol. The summed E-state index contributed by atoms with van der Waals surface area (Å²) in [6.07, 6.45) is 4.54. The third-order valence-electron chi connectivity index (χ3n) is 2.12. The third-order valence-corrected chi connectivity index (χ3v) is 2.12. The molecule has 0 aromatic carbocycles. The highest BCUT2D eigenvalue weighted by Crippen LogP contribution is 2.06. The standard InChI is InChI=1S/C9H12N2O3/c12-9-1-4-10-7-11(9)14-8-2-5-13-6-3-8/h1,4,7-8H,2-3,5-6H2. The van der Waals surface area contributed by atoms with Gasteiger partial charge in [0.2, 0.25) is 0 Å². The number of rotatable bonds is 2. The van der Waals surface area contributed by atoms with Gasteiger partial charge in [-0.2, -0.15) is 0 Å². The topological polar surface area (TPSA) is 53.4 Å². The Morgan fingerprint density at radius 3 is 3.00 bits per heavy atom. The van der Waals surface area contributed by atoms with Crippen LogP contribution >= 0.6 is 0 Å². The minimum atomic E-state index is -0.188. The smallest absolute Gasteiger partial charge is 0.285 e. The van der Waals surface area contributed by atoms with E-state index in [-0.39, 0.29) is 11.7 Å². The Bertz CT molecular complexity index is 344. The van der Waals surface area contributed by atoms with Gasteiger partial charge < -0.3 is 9.57 Å². The summed E-state index contributed by atoms with van der Waals surface area (Å²) in [5.74, 6) is 0. The van der Waals surface area contributed by atoms with E-state index in [1.54, 1.807) is 0 Å². The molecular weight excluding hydrogens is 184 g/mol. The second-order valence-electron chi connectivity index (χ2n) is 3.16. The lowest BCUT2D eigenvalue weighted by Crippen LogP contribution is -2.36. The molecule has 1 saturated heterocycles. The van der Waals surface area contributed by atoms with Gasteiger partial charge in [0.25, 0.3) is 5.56 Å². The van der Waals surface area contributed by atoms with Crippen LogP contribution in [-0.2, 0) is 4.74 Å². The van der Waals surface area contributed by atoms with E-state index in [0.717, 1.165) is 12.8 Å². The molecule has 2 rings (SSSR count). The van der Waals surface area contributed by atoms with Crippen LogP contribution in [0, 0.1) is 0 Å². The number of nitrogens with zero attached hydrogens (tertiary/aromatic N) is 2. The van der Waals surface area contributed by atoms with Crippen molar-refractivity contribution in [1.82, 2.24) is 9.71 Å². The quantitative estimate of drug-likeness (QED) is 0.660. The number of ether oxygens (including phenoxy) is 1. The van der Waals surface area contributed by atoms with Crippen LogP contribution in [0.5, 0.6) is 0 Å². The Kier molecular flexibility index (Phi) is 2.78. The maximum atomic E-state index is 11.3. The predicted molar refractivity (Wildman–Crippen MR) is 48.9 cm³/mol. The number of hydrogen-bond donors (Lipinski definition) is 0. The molecule has 0 N–H and O–H groups in total. The van der Waals surface area contributed by atoms with Crippen LogP contribution in [0.25, 0.3) is 0 Å². The lowest BCUT2D eigenvalue weighted by molar-refractivity contribution is -0.0425. The first-order chi connectivity index (χ1) is 6.86. The molecule has 0 aliphatic carbocycles. The fourth-order valence-electron chi connectivity index (χ4n) is 1.36. The average Bonchev–Trinajstić information content (AvgIpc) is 2.23. The molecule has 1 fully saturated rings. The zero-order valence-corrected chi connectivity index (χ0v) is 7.76. The molecule has 5 nitrogen and oxygen atoms in total. The summed E-state index contributed by atoms with van der Waals surface area (Å²) in [5, 5.41) is 0. The van der Waals surface area contributed by atoms with Crippen LogP contribution in [0.3, 0.4) is 0 Å². The summed E-state index contributed by atoms with van der Waals surface area (Å²) in [6.45, 7) is 1.39. The minimum absolute atomic E-state index is 0.0608. The maximum absolute atomic E-state index is 11.3. The molecule has 2 heterocycles. The van der Waals surface area contributed by atoms with Crippen LogP contribution in [0.1, 0.15) is 12.8 Å². The largest absolute Gasteiger partial charge is 0.406 e. The van der Waals surface area contributed by atoms with Gasteiger partial charge in [-0.1, -0.05) is 0 Å². The Morgan fingerprint density at radius 2 is 2.29 bits per heavy atom. The van der Waals surface area contributed by atoms with Gasteiger partial charge in [-0.15, -0.1) is 4.73 Å². The first-order valence-electron chi connectivity index (χ1n) is 4.64. The fourth-order valence-corrected chi connectivity index (χ4v) is 1.36. The van der Waals surface area contributed by atoms with Gasteiger partial charge in [0.05, 0.1) is 13.2 Å². The Balaban J connectivity index is 2.03. The molecular formula is C9H12N2O3. The van der Waals surface area contributed by atoms with Gasteiger partial charge in [0.1, 0.15) is 12.4 Å². The Hall–Kier alpha value is -1.36. The Morgan fingerprint density at radius 1 is 1.50 bits per heavy atom. The first-order valence-corrected chi connectivity index (χ1v) is 4.64. The summed E-state index contributed by atoms with van der Waals surface area (Å²) < 4.78 is 6.36. The first kappa shape index (κ1) is 9.21. The van der Waals surface area contributed by atoms with Crippen LogP contribution in [0.15, 0.2) is 23.4 Å². The van der Waals surface area contributed by atoms with Gasteiger partial charge in [0.15, 0.2) is 0 Å². The zero-order chi connectivity index (χ0) is 9.80. The van der Waals surface area contributed by atoms with Crippen molar-refractivity contribution >= 4 is 0 Å². The molecule has 1 aliphatic rings. The summed E-state index contributed by atoms with van der Waals surface area (Å²) in [4.78, 5) is 20.5. The molecule has 0 radical (unpaired) electrons. The van der Waals surface area contributed by atoms with Crippen molar-refractivity contribution in [2.24, 2.45) is 0 Å². The van der Waals surface area contributed by atoms with Gasteiger partial charge in [-0.3, -0.25) is 4.79 Å². The molecule has 0 unspecified atom stereocenters. The molecule has 0 atom stereocenters. The molecule has 76 valence electrons. The van der Waals surface area contributed by atoms with Crippen LogP contribution in [-0.4, -0.2) is 29.0 Å². The molecule has 1 aromatic heterocycles. The summed E-state index contributed by atoms with van der Waals surface area (Å²) in [6, 6.07) is 1.37. The van der Waals surface area contributed by atoms with Gasteiger partial charge in [-0.05, 0) is 0 Å². The van der Waals surface area contributed by atoms with Gasteiger partial charge in [-0.25, -0.2) is 4.98 Å². The van der Waals surface area contributed by atoms with E-state index in [4.69, 9.17) is 9.57 Å². The maximum Gasteiger partial charge on any atom is 0.285 e. The Labute approximate surface area is 81.2 Å². The van der Waals surface area contributed by atoms with Gasteiger partial charge >= 0.3 is 0 Å². The molecule has 1 aromatic rings. The summed E-state index contributed by atoms with van der Waals surface area (Å²) >= 11 is 0. The minimum Gasteiger partial charge on any atom is -0.406 e. The lowest BCUT2D eigenvalue weighted by Gasteiger charge is -2.22. The zero-order valence-electron chi connectivity index (χ0n) is 7.76. The summed E-state index contributed by atoms with van der Waals surface area (Å²) in [7, 11) is 0. The fraction of sp³-hybridized carbons (Fsp3) is 0.556. The van der Waals surface area contributed by atoms with Crippen molar-refractivity contribution in [2.45, 2.75) is 18.9 Å². The molecule has 0 amide bonds. The molecule has 5 heteroatoms. The van der Waals surface area contributed by atoms with Gasteiger partial charge in [0, 0.05) is 25.1 Å². The van der Waals surface area contributed by atoms with Crippen LogP contribution < -0.4 is 10.4 Å². The van der Waals surface area contributed by atoms with E-state index in [0.29, 0.717) is 13.2 Å². The van der Waals surface area contributed by atoms with E-state index in [1.807, 2.05) is 0 Å². The molecule has 0 spiro atoms. The average molecular weight is 196 g/mol. The van der Waals surface area contributed by atoms with E-state index in [9.17, 15) is 4.79 Å². The SMILES string of the molecule is O=c1ccncn1OC1CCOCC1. The van der Waals surface area contributed by atoms with Crippen molar-refractivity contribution in [1.29, 1.82) is 0 Å². The number of hydrogen-bond acceptors (Lipinski definition) is 4. The van der Waals surface area contributed by atoms with Crippen LogP contribution in [0.2, 0.25) is 0 Å². The normalized spacial score (nSPS) is 18.0. The van der Waals surface area contributed by atoms with Crippen molar-refractivity contribution in [3.63, 3.8) is 0 Å². The summed E-state index contributed by atoms with van der Waals surface area (Å²) in [5.41, 5.74) is -0.188. The van der Waals surface area contributed by atoms with Crippen molar-refractivity contribution in [3.8, 4) is 0 Å². The van der Waals surface area contributed by atoms with E-state index < -0.39 is 0 Å². The molecule has 0 bridgehead atoms. The van der Waals surface area contributed by atoms with Crippen molar-refractivity contribution in [3.05, 3.63) is 28.9 Å². The highest BCUT2D eigenvalue weighted by Gasteiger charge is 2.15. The second kappa shape index (κ2) is 4.23. The van der Waals surface area contributed by atoms with Crippen molar-refractivity contribution in [2.75, 3.05) is 13.2 Å². The molecule has 0 saturated carbocycles. The second-order valence-corrected chi connectivity index (χ2v) is 3.16. The highest BCUT2D eigenvalue weighted by atomic mass is 16.7. The number of aromatic nitrogens is 2. The third kappa shape index (κ3) is 2.11. The van der Waals surface area contributed by atoms with E-state index >= 15 is 0 Å². The molecule has 1 aliphatic heterocycles. The predicted octanol–water partition coefficient (Wildman–Crippen LogP) is -0.149. The highest BCUT2D eigenvalue weighted by molar-refractivity contribution is 4.80. The lowest BCUT2D eigenvalue weighted by atomic mass is 10.2. The van der Waals surface area contributed by atoms with E-state index in [1.165, 1.54) is 23.3 Å². The van der Waals surface area contributed by atoms with E-state index in [2.05, 4.69) is 4.98 Å². The molecule has 14 heavy (non-hydrogen) atoms. The van der Waals surface area contributed by atoms with Crippen LogP contribution in [0.4, 0.5) is 0 Å². The van der Waals surface area contributed by atoms with Crippen molar-refractivity contribution < 1.29 is 9.57 Å².